The molecule has 3 amide bonds. The molecule has 0 spiro atoms. The van der Waals surface area contributed by atoms with Gasteiger partial charge < -0.3 is 25.4 Å². The minimum absolute atomic E-state index is 0.0633. The zero-order chi connectivity index (χ0) is 25.6. The van der Waals surface area contributed by atoms with E-state index >= 15 is 0 Å². The fourth-order valence-corrected chi connectivity index (χ4v) is 4.41. The average Bonchev–Trinajstić information content (AvgIpc) is 3.65. The van der Waals surface area contributed by atoms with Gasteiger partial charge in [-0.05, 0) is 64.2 Å². The second-order valence-electron chi connectivity index (χ2n) is 10.4. The number of hydrogen-bond donors (Lipinski definition) is 3. The smallest absolute Gasteiger partial charge is 0.408 e. The highest BCUT2D eigenvalue weighted by Crippen LogP contribution is 2.36. The van der Waals surface area contributed by atoms with Gasteiger partial charge in [-0.15, -0.1) is 6.42 Å². The van der Waals surface area contributed by atoms with Crippen LogP contribution < -0.4 is 10.6 Å². The van der Waals surface area contributed by atoms with Gasteiger partial charge in [0.15, 0.2) is 0 Å². The molecule has 35 heavy (non-hydrogen) atoms. The molecule has 2 unspecified atom stereocenters. The number of rotatable bonds is 8. The number of hydrogen-bond acceptors (Lipinski definition) is 5. The molecule has 1 aromatic carbocycles. The van der Waals surface area contributed by atoms with Crippen LogP contribution in [0, 0.1) is 12.3 Å². The van der Waals surface area contributed by atoms with Crippen LogP contribution in [0.3, 0.4) is 0 Å². The second-order valence-corrected chi connectivity index (χ2v) is 10.4. The third kappa shape index (κ3) is 7.46. The molecule has 2 aliphatic carbocycles. The topological polar surface area (TPSA) is 108 Å². The van der Waals surface area contributed by atoms with Crippen molar-refractivity contribution in [1.29, 1.82) is 0 Å². The van der Waals surface area contributed by atoms with Gasteiger partial charge in [-0.1, -0.05) is 37.3 Å². The minimum Gasteiger partial charge on any atom is -0.444 e. The lowest BCUT2D eigenvalue weighted by atomic mass is 9.94. The number of nitrogens with one attached hydrogen (secondary N) is 2. The predicted octanol–water partition coefficient (Wildman–Crippen LogP) is 3.03. The highest BCUT2D eigenvalue weighted by atomic mass is 16.6. The van der Waals surface area contributed by atoms with E-state index in [0.29, 0.717) is 11.1 Å². The maximum atomic E-state index is 13.7. The largest absolute Gasteiger partial charge is 0.444 e. The van der Waals surface area contributed by atoms with Gasteiger partial charge in [-0.3, -0.25) is 9.59 Å². The highest BCUT2D eigenvalue weighted by Gasteiger charge is 2.44. The molecule has 0 aliphatic heterocycles. The fourth-order valence-electron chi connectivity index (χ4n) is 4.41. The van der Waals surface area contributed by atoms with Gasteiger partial charge in [-0.25, -0.2) is 4.79 Å². The maximum absolute atomic E-state index is 13.7. The lowest BCUT2D eigenvalue weighted by Crippen LogP contribution is -2.55. The summed E-state index contributed by atoms with van der Waals surface area (Å²) in [6.07, 6.45) is 11.3. The van der Waals surface area contributed by atoms with Crippen molar-refractivity contribution in [2.24, 2.45) is 0 Å². The van der Waals surface area contributed by atoms with E-state index in [-0.39, 0.29) is 18.0 Å². The summed E-state index contributed by atoms with van der Waals surface area (Å²) in [6, 6.07) is 4.78. The molecule has 0 aromatic heterocycles. The Labute approximate surface area is 207 Å². The van der Waals surface area contributed by atoms with Gasteiger partial charge in [0.1, 0.15) is 17.7 Å². The zero-order valence-electron chi connectivity index (χ0n) is 20.9. The molecule has 3 rings (SSSR count). The lowest BCUT2D eigenvalue weighted by molar-refractivity contribution is -0.144. The maximum Gasteiger partial charge on any atom is 0.408 e. The summed E-state index contributed by atoms with van der Waals surface area (Å²) in [4.78, 5) is 41.2. The summed E-state index contributed by atoms with van der Waals surface area (Å²) >= 11 is 0. The Morgan fingerprint density at radius 1 is 1.11 bits per heavy atom. The molecule has 2 saturated carbocycles. The number of carbonyl (C=O) groups excluding carboxylic acids is 3. The first-order valence-electron chi connectivity index (χ1n) is 12.4. The molecular weight excluding hydrogens is 446 g/mol. The number of ether oxygens (including phenoxy) is 1. The van der Waals surface area contributed by atoms with Gasteiger partial charge in [0.2, 0.25) is 11.8 Å². The summed E-state index contributed by atoms with van der Waals surface area (Å²) in [5.74, 6) is 1.78. The first-order valence-corrected chi connectivity index (χ1v) is 12.4. The standard InChI is InChI=1S/C27H37N3O5/c1-5-18-11-13-19(14-12-18)23(24(32)28-20-9-7-6-8-10-20)30(21-15-16-21)25(33)22(17-31)29-26(34)35-27(2,3)4/h1,11-14,20-23,31H,6-10,15-17H2,2-4H3,(H,28,32)(H,29,34). The normalized spacial score (nSPS) is 18.0. The van der Waals surface area contributed by atoms with Crippen molar-refractivity contribution in [2.75, 3.05) is 6.61 Å². The van der Waals surface area contributed by atoms with Crippen LogP contribution in [0.4, 0.5) is 4.79 Å². The van der Waals surface area contributed by atoms with E-state index in [1.807, 2.05) is 0 Å². The Kier molecular flexibility index (Phi) is 8.79. The third-order valence-corrected chi connectivity index (χ3v) is 6.24. The van der Waals surface area contributed by atoms with Gasteiger partial charge in [0.25, 0.3) is 0 Å². The van der Waals surface area contributed by atoms with Crippen molar-refractivity contribution in [3.63, 3.8) is 0 Å². The number of nitrogens with zero attached hydrogens (tertiary/aromatic N) is 1. The Morgan fingerprint density at radius 2 is 1.74 bits per heavy atom. The van der Waals surface area contributed by atoms with Crippen LogP contribution in [-0.2, 0) is 14.3 Å². The van der Waals surface area contributed by atoms with Crippen LogP contribution >= 0.6 is 0 Å². The molecule has 8 nitrogen and oxygen atoms in total. The van der Waals surface area contributed by atoms with Crippen LogP contribution in [0.25, 0.3) is 0 Å². The van der Waals surface area contributed by atoms with E-state index in [9.17, 15) is 19.5 Å². The van der Waals surface area contributed by atoms with E-state index in [0.717, 1.165) is 44.9 Å². The first kappa shape index (κ1) is 26.6. The first-order chi connectivity index (χ1) is 16.6. The summed E-state index contributed by atoms with van der Waals surface area (Å²) in [5.41, 5.74) is 0.542. The molecule has 0 heterocycles. The Balaban J connectivity index is 1.89. The van der Waals surface area contributed by atoms with Crippen LogP contribution in [0.1, 0.15) is 82.9 Å². The van der Waals surface area contributed by atoms with Crippen molar-refractivity contribution in [1.82, 2.24) is 15.5 Å². The van der Waals surface area contributed by atoms with Gasteiger partial charge >= 0.3 is 6.09 Å². The Morgan fingerprint density at radius 3 is 2.26 bits per heavy atom. The molecule has 2 fully saturated rings. The number of alkyl carbamates (subject to hydrolysis) is 1. The number of terminal acetylenes is 1. The Bertz CT molecular complexity index is 937. The molecule has 8 heteroatoms. The van der Waals surface area contributed by atoms with Crippen LogP contribution in [0.2, 0.25) is 0 Å². The van der Waals surface area contributed by atoms with E-state index in [1.165, 1.54) is 4.90 Å². The summed E-state index contributed by atoms with van der Waals surface area (Å²) < 4.78 is 5.26. The number of aliphatic hydroxyl groups is 1. The third-order valence-electron chi connectivity index (χ3n) is 6.24. The van der Waals surface area contributed by atoms with Gasteiger partial charge in [0.05, 0.1) is 6.61 Å². The average molecular weight is 484 g/mol. The number of benzene rings is 1. The molecule has 190 valence electrons. The molecule has 3 N–H and O–H groups in total. The SMILES string of the molecule is C#Cc1ccc(C(C(=O)NC2CCCCC2)N(C(=O)C(CO)NC(=O)OC(C)(C)C)C2CC2)cc1. The summed E-state index contributed by atoms with van der Waals surface area (Å²) in [6.45, 7) is 4.52. The molecule has 2 aliphatic rings. The van der Waals surface area contributed by atoms with Crippen LogP contribution in [0.5, 0.6) is 0 Å². The quantitative estimate of drug-likeness (QED) is 0.493. The van der Waals surface area contributed by atoms with Crippen LogP contribution in [0.15, 0.2) is 24.3 Å². The van der Waals surface area contributed by atoms with Gasteiger partial charge in [-0.2, -0.15) is 0 Å². The van der Waals surface area contributed by atoms with E-state index in [4.69, 9.17) is 11.2 Å². The molecule has 1 aromatic rings. The van der Waals surface area contributed by atoms with E-state index in [2.05, 4.69) is 16.6 Å². The second kappa shape index (κ2) is 11.6. The minimum atomic E-state index is -1.24. The number of carbonyl (C=O) groups is 3. The molecule has 0 bridgehead atoms. The van der Waals surface area contributed by atoms with Crippen molar-refractivity contribution in [2.45, 2.75) is 95.5 Å². The monoisotopic (exact) mass is 483 g/mol. The van der Waals surface area contributed by atoms with E-state index in [1.54, 1.807) is 45.0 Å². The fraction of sp³-hybridized carbons (Fsp3) is 0.593. The number of aliphatic hydroxyl groups excluding tert-OH is 1. The summed E-state index contributed by atoms with van der Waals surface area (Å²) in [7, 11) is 0. The molecule has 0 radical (unpaired) electrons. The highest BCUT2D eigenvalue weighted by molar-refractivity contribution is 5.92. The van der Waals surface area contributed by atoms with Crippen molar-refractivity contribution >= 4 is 17.9 Å². The molecule has 2 atom stereocenters. The van der Waals surface area contributed by atoms with Crippen molar-refractivity contribution in [3.05, 3.63) is 35.4 Å². The number of amides is 3. The van der Waals surface area contributed by atoms with Gasteiger partial charge in [0, 0.05) is 17.6 Å². The predicted molar refractivity (Wildman–Crippen MR) is 132 cm³/mol. The summed E-state index contributed by atoms with van der Waals surface area (Å²) in [5, 5.41) is 15.6. The zero-order valence-corrected chi connectivity index (χ0v) is 20.9. The molecular formula is C27H37N3O5. The van der Waals surface area contributed by atoms with E-state index < -0.39 is 36.3 Å². The lowest BCUT2D eigenvalue weighted by Gasteiger charge is -2.35. The van der Waals surface area contributed by atoms with Crippen molar-refractivity contribution < 1.29 is 24.2 Å². The molecule has 0 saturated heterocycles. The van der Waals surface area contributed by atoms with Crippen LogP contribution in [-0.4, -0.2) is 58.2 Å². The van der Waals surface area contributed by atoms with Crippen molar-refractivity contribution in [3.8, 4) is 12.3 Å². The Hall–Kier alpha value is -3.05.